The highest BCUT2D eigenvalue weighted by Gasteiger charge is 2.11. The second-order valence-electron chi connectivity index (χ2n) is 4.76. The van der Waals surface area contributed by atoms with E-state index in [9.17, 15) is 0 Å². The number of nitrogens with two attached hydrogens (primary N) is 1. The van der Waals surface area contributed by atoms with Gasteiger partial charge in [0, 0.05) is 0 Å². The minimum absolute atomic E-state index is 0.0326. The van der Waals surface area contributed by atoms with Crippen molar-refractivity contribution in [2.24, 2.45) is 5.73 Å². The van der Waals surface area contributed by atoms with Gasteiger partial charge < -0.3 is 5.73 Å². The minimum atomic E-state index is -0.0326. The average molecular weight is 225 g/mol. The molecule has 17 heavy (non-hydrogen) atoms. The summed E-state index contributed by atoms with van der Waals surface area (Å²) in [7, 11) is 0. The van der Waals surface area contributed by atoms with Gasteiger partial charge in [0.15, 0.2) is 0 Å². The Hall–Kier alpha value is -1.60. The van der Waals surface area contributed by atoms with Crippen molar-refractivity contribution in [3.8, 4) is 0 Å². The van der Waals surface area contributed by atoms with E-state index < -0.39 is 0 Å². The topological polar surface area (TPSA) is 26.0 Å². The molecule has 0 bridgehead atoms. The molecule has 0 saturated carbocycles. The lowest BCUT2D eigenvalue weighted by Crippen LogP contribution is -2.13. The van der Waals surface area contributed by atoms with Crippen LogP contribution in [-0.2, 0) is 0 Å². The fraction of sp³-hybridized carbons (Fsp3) is 0.250. The Labute approximate surface area is 103 Å². The van der Waals surface area contributed by atoms with Crippen molar-refractivity contribution < 1.29 is 0 Å². The molecule has 2 aromatic carbocycles. The fourth-order valence-electron chi connectivity index (χ4n) is 2.30. The summed E-state index contributed by atoms with van der Waals surface area (Å²) in [6.45, 7) is 6.33. The van der Waals surface area contributed by atoms with Crippen LogP contribution in [0.5, 0.6) is 0 Å². The van der Waals surface area contributed by atoms with Gasteiger partial charge in [-0.15, -0.1) is 0 Å². The summed E-state index contributed by atoms with van der Waals surface area (Å²) in [6.07, 6.45) is 0. The molecule has 88 valence electrons. The van der Waals surface area contributed by atoms with Crippen molar-refractivity contribution in [3.05, 3.63) is 70.3 Å². The molecule has 0 saturated heterocycles. The van der Waals surface area contributed by atoms with Crippen molar-refractivity contribution in [1.29, 1.82) is 0 Å². The molecule has 1 nitrogen and oxygen atoms in total. The molecule has 0 radical (unpaired) electrons. The van der Waals surface area contributed by atoms with Crippen LogP contribution in [0.2, 0.25) is 0 Å². The van der Waals surface area contributed by atoms with Crippen LogP contribution in [0.1, 0.15) is 33.9 Å². The van der Waals surface area contributed by atoms with Crippen LogP contribution in [0.3, 0.4) is 0 Å². The van der Waals surface area contributed by atoms with E-state index in [1.54, 1.807) is 0 Å². The SMILES string of the molecule is Cc1cc(C)cc(C(N)c2ccccc2C)c1. The largest absolute Gasteiger partial charge is 0.320 e. The first kappa shape index (κ1) is 11.9. The Morgan fingerprint density at radius 2 is 1.47 bits per heavy atom. The number of benzene rings is 2. The molecule has 2 aromatic rings. The van der Waals surface area contributed by atoms with Crippen LogP contribution < -0.4 is 5.73 Å². The predicted octanol–water partition coefficient (Wildman–Crippen LogP) is 3.66. The third-order valence-electron chi connectivity index (χ3n) is 3.13. The van der Waals surface area contributed by atoms with E-state index in [2.05, 4.69) is 51.1 Å². The van der Waals surface area contributed by atoms with E-state index in [1.807, 2.05) is 12.1 Å². The Morgan fingerprint density at radius 1 is 0.882 bits per heavy atom. The molecule has 1 unspecified atom stereocenters. The number of aryl methyl sites for hydroxylation is 3. The van der Waals surface area contributed by atoms with Gasteiger partial charge in [-0.1, -0.05) is 53.6 Å². The maximum Gasteiger partial charge on any atom is 0.0554 e. The molecular formula is C16H19N. The average Bonchev–Trinajstić information content (AvgIpc) is 2.27. The molecule has 0 spiro atoms. The number of hydrogen-bond acceptors (Lipinski definition) is 1. The molecule has 0 aromatic heterocycles. The lowest BCUT2D eigenvalue weighted by molar-refractivity contribution is 0.858. The van der Waals surface area contributed by atoms with Crippen molar-refractivity contribution in [2.45, 2.75) is 26.8 Å². The van der Waals surface area contributed by atoms with Crippen LogP contribution in [0, 0.1) is 20.8 Å². The fourth-order valence-corrected chi connectivity index (χ4v) is 2.30. The first-order valence-electron chi connectivity index (χ1n) is 5.97. The molecule has 0 amide bonds. The smallest absolute Gasteiger partial charge is 0.0554 e. The monoisotopic (exact) mass is 225 g/mol. The predicted molar refractivity (Wildman–Crippen MR) is 73.1 cm³/mol. The molecule has 0 heterocycles. The van der Waals surface area contributed by atoms with E-state index in [4.69, 9.17) is 5.73 Å². The highest BCUT2D eigenvalue weighted by molar-refractivity contribution is 5.39. The van der Waals surface area contributed by atoms with Gasteiger partial charge in [0.1, 0.15) is 0 Å². The zero-order valence-electron chi connectivity index (χ0n) is 10.7. The number of hydrogen-bond donors (Lipinski definition) is 1. The maximum absolute atomic E-state index is 6.35. The first-order valence-corrected chi connectivity index (χ1v) is 5.97. The van der Waals surface area contributed by atoms with Crippen LogP contribution >= 0.6 is 0 Å². The van der Waals surface area contributed by atoms with E-state index in [0.717, 1.165) is 0 Å². The van der Waals surface area contributed by atoms with Gasteiger partial charge in [0.05, 0.1) is 6.04 Å². The summed E-state index contributed by atoms with van der Waals surface area (Å²) in [5.41, 5.74) is 12.5. The molecule has 1 atom stereocenters. The van der Waals surface area contributed by atoms with E-state index in [1.165, 1.54) is 27.8 Å². The van der Waals surface area contributed by atoms with E-state index in [0.29, 0.717) is 0 Å². The number of rotatable bonds is 2. The normalized spacial score (nSPS) is 12.5. The third kappa shape index (κ3) is 2.56. The summed E-state index contributed by atoms with van der Waals surface area (Å²) in [5.74, 6) is 0. The molecular weight excluding hydrogens is 206 g/mol. The van der Waals surface area contributed by atoms with Crippen molar-refractivity contribution in [3.63, 3.8) is 0 Å². The van der Waals surface area contributed by atoms with Crippen molar-refractivity contribution in [2.75, 3.05) is 0 Å². The zero-order chi connectivity index (χ0) is 12.4. The third-order valence-corrected chi connectivity index (χ3v) is 3.13. The van der Waals surface area contributed by atoms with Gasteiger partial charge in [-0.3, -0.25) is 0 Å². The van der Waals surface area contributed by atoms with Crippen LogP contribution in [0.25, 0.3) is 0 Å². The Bertz CT molecular complexity index is 509. The Morgan fingerprint density at radius 3 is 2.06 bits per heavy atom. The Kier molecular flexibility index (Phi) is 3.30. The lowest BCUT2D eigenvalue weighted by Gasteiger charge is -2.16. The van der Waals surface area contributed by atoms with Gasteiger partial charge >= 0.3 is 0 Å². The highest BCUT2D eigenvalue weighted by Crippen LogP contribution is 2.24. The zero-order valence-corrected chi connectivity index (χ0v) is 10.7. The van der Waals surface area contributed by atoms with Crippen LogP contribution in [0.4, 0.5) is 0 Å². The Balaban J connectivity index is 2.43. The minimum Gasteiger partial charge on any atom is -0.320 e. The van der Waals surface area contributed by atoms with E-state index in [-0.39, 0.29) is 6.04 Å². The van der Waals surface area contributed by atoms with Gasteiger partial charge in [-0.05, 0) is 37.5 Å². The van der Waals surface area contributed by atoms with Crippen LogP contribution in [-0.4, -0.2) is 0 Å². The van der Waals surface area contributed by atoms with Gasteiger partial charge in [0.25, 0.3) is 0 Å². The summed E-state index contributed by atoms with van der Waals surface area (Å²) in [5, 5.41) is 0. The van der Waals surface area contributed by atoms with Gasteiger partial charge in [0.2, 0.25) is 0 Å². The summed E-state index contributed by atoms with van der Waals surface area (Å²) in [6, 6.07) is 14.8. The second-order valence-corrected chi connectivity index (χ2v) is 4.76. The maximum atomic E-state index is 6.35. The molecule has 0 aliphatic rings. The second kappa shape index (κ2) is 4.72. The molecule has 0 fully saturated rings. The summed E-state index contributed by atoms with van der Waals surface area (Å²) >= 11 is 0. The molecule has 0 aliphatic heterocycles. The van der Waals surface area contributed by atoms with Crippen molar-refractivity contribution >= 4 is 0 Å². The lowest BCUT2D eigenvalue weighted by atomic mass is 9.94. The summed E-state index contributed by atoms with van der Waals surface area (Å²) < 4.78 is 0. The molecule has 1 heteroatoms. The first-order chi connectivity index (χ1) is 8.08. The highest BCUT2D eigenvalue weighted by atomic mass is 14.6. The molecule has 0 aliphatic carbocycles. The quantitative estimate of drug-likeness (QED) is 0.829. The van der Waals surface area contributed by atoms with Gasteiger partial charge in [-0.25, -0.2) is 0 Å². The van der Waals surface area contributed by atoms with Gasteiger partial charge in [-0.2, -0.15) is 0 Å². The standard InChI is InChI=1S/C16H19N/c1-11-8-12(2)10-14(9-11)16(17)15-7-5-4-6-13(15)3/h4-10,16H,17H2,1-3H3. The summed E-state index contributed by atoms with van der Waals surface area (Å²) in [4.78, 5) is 0. The van der Waals surface area contributed by atoms with Crippen LogP contribution in [0.15, 0.2) is 42.5 Å². The molecule has 2 N–H and O–H groups in total. The van der Waals surface area contributed by atoms with Crippen molar-refractivity contribution in [1.82, 2.24) is 0 Å². The van der Waals surface area contributed by atoms with E-state index >= 15 is 0 Å². The molecule has 2 rings (SSSR count).